The number of carboxylic acid groups (broad SMARTS) is 1. The van der Waals surface area contributed by atoms with Gasteiger partial charge in [0.25, 0.3) is 11.6 Å². The summed E-state index contributed by atoms with van der Waals surface area (Å²) in [6.07, 6.45) is 0.111. The minimum absolute atomic E-state index is 0.0419. The number of amides is 2. The van der Waals surface area contributed by atoms with Gasteiger partial charge in [0.05, 0.1) is 10.2 Å². The number of ether oxygens (including phenoxy) is 1. The predicted octanol–water partition coefficient (Wildman–Crippen LogP) is 2.16. The molecule has 2 amide bonds. The number of alkyl halides is 1. The van der Waals surface area contributed by atoms with Crippen LogP contribution in [0.5, 0.6) is 0 Å². The van der Waals surface area contributed by atoms with E-state index in [0.29, 0.717) is 16.7 Å². The maximum absolute atomic E-state index is 12.8. The van der Waals surface area contributed by atoms with E-state index in [1.807, 2.05) is 12.1 Å². The molecule has 2 N–H and O–H groups in total. The second kappa shape index (κ2) is 7.63. The van der Waals surface area contributed by atoms with E-state index in [2.05, 4.69) is 37.2 Å². The number of thioether (sulfide) groups is 1. The first-order valence-electron chi connectivity index (χ1n) is 7.41. The van der Waals surface area contributed by atoms with Gasteiger partial charge in [-0.1, -0.05) is 15.9 Å². The fourth-order valence-corrected chi connectivity index (χ4v) is 6.55. The Kier molecular flexibility index (Phi) is 5.83. The van der Waals surface area contributed by atoms with Crippen molar-refractivity contribution < 1.29 is 24.2 Å². The Morgan fingerprint density at radius 1 is 1.50 bits per heavy atom. The Morgan fingerprint density at radius 3 is 2.77 bits per heavy atom. The van der Waals surface area contributed by atoms with Gasteiger partial charge in [0, 0.05) is 23.1 Å². The number of fused-ring (bicyclic) bond motifs is 1. The summed E-state index contributed by atoms with van der Waals surface area (Å²) in [5.41, 5.74) is -0.972. The van der Waals surface area contributed by atoms with Crippen LogP contribution in [0.1, 0.15) is 4.88 Å². The van der Waals surface area contributed by atoms with Gasteiger partial charge in [0.2, 0.25) is 5.91 Å². The smallest absolute Gasteiger partial charge is 0.352 e. The van der Waals surface area contributed by atoms with E-state index in [-0.39, 0.29) is 18.0 Å². The molecule has 7 nitrogen and oxygen atoms in total. The van der Waals surface area contributed by atoms with Gasteiger partial charge in [-0.3, -0.25) is 14.5 Å². The Hall–Kier alpha value is -0.880. The Labute approximate surface area is 174 Å². The molecule has 0 radical (unpaired) electrons. The van der Waals surface area contributed by atoms with Crippen molar-refractivity contribution in [3.8, 4) is 0 Å². The van der Waals surface area contributed by atoms with Crippen molar-refractivity contribution in [2.45, 2.75) is 17.5 Å². The number of methoxy groups -OCH3 is 1. The van der Waals surface area contributed by atoms with Gasteiger partial charge in [-0.05, 0) is 33.6 Å². The zero-order valence-electron chi connectivity index (χ0n) is 13.5. The van der Waals surface area contributed by atoms with Crippen molar-refractivity contribution in [3.05, 3.63) is 32.1 Å². The number of carbonyl (C=O) groups is 3. The molecule has 1 unspecified atom stereocenters. The van der Waals surface area contributed by atoms with Crippen LogP contribution >= 0.6 is 55.0 Å². The highest BCUT2D eigenvalue weighted by molar-refractivity contribution is 9.11. The van der Waals surface area contributed by atoms with Crippen LogP contribution in [0, 0.1) is 0 Å². The third-order valence-electron chi connectivity index (χ3n) is 4.08. The molecule has 1 aromatic heterocycles. The first-order valence-corrected chi connectivity index (χ1v) is 11.2. The molecule has 11 heteroatoms. The summed E-state index contributed by atoms with van der Waals surface area (Å²) < 4.78 is 6.30. The monoisotopic (exact) mass is 524 g/mol. The van der Waals surface area contributed by atoms with Gasteiger partial charge in [0.1, 0.15) is 11.1 Å². The number of β-lactam (4-membered cyclic amide) rings is 1. The second-order valence-electron chi connectivity index (χ2n) is 5.60. The summed E-state index contributed by atoms with van der Waals surface area (Å²) in [6, 6.07) is 3.67. The molecule has 2 aliphatic heterocycles. The van der Waals surface area contributed by atoms with Crippen molar-refractivity contribution in [1.82, 2.24) is 10.2 Å². The molecule has 2 aliphatic rings. The number of halogens is 2. The quantitative estimate of drug-likeness (QED) is 0.335. The van der Waals surface area contributed by atoms with Gasteiger partial charge in [-0.2, -0.15) is 0 Å². The largest absolute Gasteiger partial charge is 0.477 e. The van der Waals surface area contributed by atoms with E-state index < -0.39 is 23.0 Å². The van der Waals surface area contributed by atoms with Crippen LogP contribution in [0.15, 0.2) is 27.2 Å². The Balaban J connectivity index is 1.81. The molecular weight excluding hydrogens is 512 g/mol. The number of hydrogen-bond donors (Lipinski definition) is 2. The number of nitrogens with one attached hydrogen (secondary N) is 1. The predicted molar refractivity (Wildman–Crippen MR) is 105 cm³/mol. The molecule has 0 aliphatic carbocycles. The number of aliphatic carboxylic acids is 1. The van der Waals surface area contributed by atoms with Crippen LogP contribution < -0.4 is 5.32 Å². The van der Waals surface area contributed by atoms with Gasteiger partial charge >= 0.3 is 5.97 Å². The van der Waals surface area contributed by atoms with E-state index in [0.717, 1.165) is 8.66 Å². The average molecular weight is 526 g/mol. The van der Waals surface area contributed by atoms with Gasteiger partial charge < -0.3 is 15.2 Å². The number of nitrogens with zero attached hydrogens (tertiary/aromatic N) is 1. The fraction of sp³-hybridized carbons (Fsp3) is 0.400. The lowest BCUT2D eigenvalue weighted by Gasteiger charge is -2.55. The maximum Gasteiger partial charge on any atom is 0.352 e. The highest BCUT2D eigenvalue weighted by atomic mass is 79.9. The van der Waals surface area contributed by atoms with Crippen LogP contribution in [-0.4, -0.2) is 57.1 Å². The zero-order valence-corrected chi connectivity index (χ0v) is 18.3. The summed E-state index contributed by atoms with van der Waals surface area (Å²) >= 11 is 9.40. The molecule has 26 heavy (non-hydrogen) atoms. The molecule has 1 aromatic rings. The topological polar surface area (TPSA) is 95.9 Å². The molecule has 0 bridgehead atoms. The lowest BCUT2D eigenvalue weighted by Crippen LogP contribution is -2.80. The Bertz CT molecular complexity index is 812. The van der Waals surface area contributed by atoms with Gasteiger partial charge in [0.15, 0.2) is 0 Å². The molecule has 1 fully saturated rings. The maximum atomic E-state index is 12.8. The van der Waals surface area contributed by atoms with E-state index in [1.165, 1.54) is 35.1 Å². The molecule has 3 heterocycles. The number of carboxylic acids is 1. The molecular formula is C15H14Br2N2O5S2. The first-order chi connectivity index (χ1) is 12.3. The summed E-state index contributed by atoms with van der Waals surface area (Å²) in [4.78, 5) is 38.8. The van der Waals surface area contributed by atoms with E-state index in [4.69, 9.17) is 4.74 Å². The number of rotatable bonds is 6. The van der Waals surface area contributed by atoms with Crippen LogP contribution in [0.4, 0.5) is 0 Å². The van der Waals surface area contributed by atoms with Crippen molar-refractivity contribution in [2.75, 3.05) is 18.2 Å². The number of hydrogen-bond acceptors (Lipinski definition) is 6. The molecule has 3 rings (SSSR count). The molecule has 140 valence electrons. The highest BCUT2D eigenvalue weighted by Gasteiger charge is 2.66. The molecule has 1 saturated heterocycles. The summed E-state index contributed by atoms with van der Waals surface area (Å²) in [6.45, 7) is 0. The minimum Gasteiger partial charge on any atom is -0.477 e. The van der Waals surface area contributed by atoms with Gasteiger partial charge in [-0.15, -0.1) is 23.1 Å². The third-order valence-corrected chi connectivity index (χ3v) is 7.76. The number of thiophene rings is 1. The van der Waals surface area contributed by atoms with Crippen LogP contribution in [0.3, 0.4) is 0 Å². The minimum atomic E-state index is -1.55. The number of carbonyl (C=O) groups excluding carboxylic acids is 2. The van der Waals surface area contributed by atoms with Crippen molar-refractivity contribution in [2.24, 2.45) is 0 Å². The summed E-state index contributed by atoms with van der Waals surface area (Å²) in [7, 11) is 1.34. The zero-order chi connectivity index (χ0) is 19.1. The molecule has 0 spiro atoms. The normalized spacial score (nSPS) is 25.0. The SMILES string of the molecule is COC1(NC(=O)Cc2ccc(Br)s2)C(=O)N2C(C(=O)O)=C(CBr)CS[C@@H]21. The van der Waals surface area contributed by atoms with Crippen LogP contribution in [0.25, 0.3) is 0 Å². The molecule has 0 aromatic carbocycles. The van der Waals surface area contributed by atoms with Crippen LogP contribution in [0.2, 0.25) is 0 Å². The highest BCUT2D eigenvalue weighted by Crippen LogP contribution is 2.46. The fourth-order valence-electron chi connectivity index (χ4n) is 2.90. The lowest BCUT2D eigenvalue weighted by atomic mass is 9.98. The first kappa shape index (κ1) is 19.9. The van der Waals surface area contributed by atoms with E-state index in [1.54, 1.807) is 0 Å². The summed E-state index contributed by atoms with van der Waals surface area (Å²) in [5, 5.41) is 11.9. The van der Waals surface area contributed by atoms with E-state index in [9.17, 15) is 19.5 Å². The van der Waals surface area contributed by atoms with Crippen molar-refractivity contribution >= 4 is 72.7 Å². The second-order valence-corrected chi connectivity index (χ2v) is 9.78. The van der Waals surface area contributed by atoms with E-state index >= 15 is 0 Å². The van der Waals surface area contributed by atoms with Crippen LogP contribution in [-0.2, 0) is 25.5 Å². The van der Waals surface area contributed by atoms with Gasteiger partial charge in [-0.25, -0.2) is 4.79 Å². The Morgan fingerprint density at radius 2 is 2.23 bits per heavy atom. The molecule has 2 atom stereocenters. The standard InChI is InChI=1S/C15H14Br2N2O5S2/c1-24-15(18-10(20)4-8-2-3-9(17)26-8)13(23)19-11(12(21)22)7(5-16)6-25-14(15)19/h2-3,14H,4-6H2,1H3,(H,18,20)(H,21,22)/t14-,15?/m1/s1. The average Bonchev–Trinajstić information content (AvgIpc) is 3.02. The third kappa shape index (κ3) is 3.24. The summed E-state index contributed by atoms with van der Waals surface area (Å²) in [5.74, 6) is -1.67. The van der Waals surface area contributed by atoms with Crippen molar-refractivity contribution in [1.29, 1.82) is 0 Å². The lowest BCUT2D eigenvalue weighted by molar-refractivity contribution is -0.192. The van der Waals surface area contributed by atoms with Crippen molar-refractivity contribution in [3.63, 3.8) is 0 Å². The molecule has 0 saturated carbocycles.